The van der Waals surface area contributed by atoms with E-state index in [9.17, 15) is 0 Å². The molecule has 2 N–H and O–H groups in total. The molecule has 6 heteroatoms. The van der Waals surface area contributed by atoms with Crippen molar-refractivity contribution in [1.82, 2.24) is 19.5 Å². The van der Waals surface area contributed by atoms with Gasteiger partial charge in [-0.1, -0.05) is 0 Å². The topological polar surface area (TPSA) is 72.9 Å². The van der Waals surface area contributed by atoms with Crippen LogP contribution in [0.15, 0.2) is 24.8 Å². The number of anilines is 1. The monoisotopic (exact) mass is 300 g/mol. The normalized spacial score (nSPS) is 20.7. The van der Waals surface area contributed by atoms with Gasteiger partial charge in [-0.2, -0.15) is 0 Å². The van der Waals surface area contributed by atoms with Crippen molar-refractivity contribution in [3.05, 3.63) is 36.3 Å². The van der Waals surface area contributed by atoms with Crippen LogP contribution >= 0.6 is 0 Å². The van der Waals surface area contributed by atoms with Gasteiger partial charge in [0.1, 0.15) is 18.0 Å². The fourth-order valence-corrected chi connectivity index (χ4v) is 2.92. The lowest BCUT2D eigenvalue weighted by Crippen LogP contribution is -2.35. The first-order valence-electron chi connectivity index (χ1n) is 7.88. The molecular formula is C16H24N6. The Hall–Kier alpha value is -1.95. The molecule has 6 nitrogen and oxygen atoms in total. The first-order valence-corrected chi connectivity index (χ1v) is 7.88. The smallest absolute Gasteiger partial charge is 0.131 e. The third-order valence-electron chi connectivity index (χ3n) is 4.47. The van der Waals surface area contributed by atoms with Gasteiger partial charge in [0.25, 0.3) is 0 Å². The Morgan fingerprint density at radius 1 is 1.32 bits per heavy atom. The number of rotatable bonds is 6. The maximum Gasteiger partial charge on any atom is 0.131 e. The van der Waals surface area contributed by atoms with Crippen LogP contribution in [0.2, 0.25) is 0 Å². The van der Waals surface area contributed by atoms with Crippen LogP contribution < -0.4 is 10.6 Å². The Balaban J connectivity index is 1.54. The minimum atomic E-state index is 0.346. The summed E-state index contributed by atoms with van der Waals surface area (Å²) in [6, 6.07) is 2.45. The van der Waals surface area contributed by atoms with Gasteiger partial charge in [-0.25, -0.2) is 15.0 Å². The van der Waals surface area contributed by atoms with Crippen molar-refractivity contribution in [3.8, 4) is 0 Å². The molecule has 1 aliphatic carbocycles. The van der Waals surface area contributed by atoms with E-state index in [-0.39, 0.29) is 0 Å². The molecule has 0 bridgehead atoms. The first-order chi connectivity index (χ1) is 10.6. The Morgan fingerprint density at radius 2 is 2.14 bits per heavy atom. The standard InChI is InChI=1S/C16H24N6/c1-21(6-3-4-15-18-5-7-22(15)2)16-10-14(19-11-20-16)12-8-13(17)9-12/h5,7,10-13H,3-4,6,8-9,17H2,1-2H3. The second-order valence-electron chi connectivity index (χ2n) is 6.21. The first kappa shape index (κ1) is 15.0. The van der Waals surface area contributed by atoms with Crippen molar-refractivity contribution in [1.29, 1.82) is 0 Å². The Labute approximate surface area is 131 Å². The average Bonchev–Trinajstić information content (AvgIpc) is 2.89. The van der Waals surface area contributed by atoms with E-state index in [0.29, 0.717) is 12.0 Å². The minimum Gasteiger partial charge on any atom is -0.360 e. The highest BCUT2D eigenvalue weighted by atomic mass is 15.2. The molecule has 0 atom stereocenters. The van der Waals surface area contributed by atoms with Crippen LogP contribution in [0, 0.1) is 0 Å². The number of hydrogen-bond donors (Lipinski definition) is 1. The van der Waals surface area contributed by atoms with Gasteiger partial charge in [0.2, 0.25) is 0 Å². The van der Waals surface area contributed by atoms with Crippen molar-refractivity contribution >= 4 is 5.82 Å². The number of imidazole rings is 1. The van der Waals surface area contributed by atoms with Crippen LogP contribution in [-0.4, -0.2) is 39.2 Å². The maximum absolute atomic E-state index is 5.87. The molecule has 2 heterocycles. The van der Waals surface area contributed by atoms with Gasteiger partial charge >= 0.3 is 0 Å². The molecule has 1 fully saturated rings. The molecule has 0 aliphatic heterocycles. The average molecular weight is 300 g/mol. The van der Waals surface area contributed by atoms with E-state index in [4.69, 9.17) is 5.73 Å². The summed E-state index contributed by atoms with van der Waals surface area (Å²) in [5.74, 6) is 2.63. The zero-order valence-corrected chi connectivity index (χ0v) is 13.3. The van der Waals surface area contributed by atoms with Gasteiger partial charge in [0, 0.05) is 63.2 Å². The van der Waals surface area contributed by atoms with Crippen molar-refractivity contribution in [3.63, 3.8) is 0 Å². The van der Waals surface area contributed by atoms with E-state index in [1.54, 1.807) is 6.33 Å². The summed E-state index contributed by atoms with van der Waals surface area (Å²) in [5, 5.41) is 0. The maximum atomic E-state index is 5.87. The lowest BCUT2D eigenvalue weighted by atomic mass is 9.78. The van der Waals surface area contributed by atoms with Crippen LogP contribution in [0.3, 0.4) is 0 Å². The van der Waals surface area contributed by atoms with Crippen molar-refractivity contribution in [2.75, 3.05) is 18.5 Å². The van der Waals surface area contributed by atoms with E-state index in [1.165, 1.54) is 0 Å². The number of nitrogens with zero attached hydrogens (tertiary/aromatic N) is 5. The van der Waals surface area contributed by atoms with E-state index in [0.717, 1.165) is 49.6 Å². The number of aromatic nitrogens is 4. The summed E-state index contributed by atoms with van der Waals surface area (Å²) in [5.41, 5.74) is 6.99. The van der Waals surface area contributed by atoms with Crippen molar-refractivity contribution in [2.45, 2.75) is 37.6 Å². The van der Waals surface area contributed by atoms with Crippen LogP contribution in [0.25, 0.3) is 0 Å². The summed E-state index contributed by atoms with van der Waals surface area (Å²) in [6.07, 6.45) is 9.61. The van der Waals surface area contributed by atoms with Gasteiger partial charge in [-0.05, 0) is 19.3 Å². The van der Waals surface area contributed by atoms with Crippen LogP contribution in [0.5, 0.6) is 0 Å². The van der Waals surface area contributed by atoms with Gasteiger partial charge in [0.15, 0.2) is 0 Å². The summed E-state index contributed by atoms with van der Waals surface area (Å²) < 4.78 is 2.07. The third kappa shape index (κ3) is 3.27. The fourth-order valence-electron chi connectivity index (χ4n) is 2.92. The van der Waals surface area contributed by atoms with E-state index in [1.807, 2.05) is 19.4 Å². The molecule has 1 saturated carbocycles. The zero-order chi connectivity index (χ0) is 15.5. The van der Waals surface area contributed by atoms with Crippen LogP contribution in [0.1, 0.15) is 36.7 Å². The van der Waals surface area contributed by atoms with Crippen molar-refractivity contribution in [2.24, 2.45) is 12.8 Å². The number of nitrogens with two attached hydrogens (primary N) is 1. The molecule has 2 aromatic heterocycles. The minimum absolute atomic E-state index is 0.346. The summed E-state index contributed by atoms with van der Waals surface area (Å²) in [6.45, 7) is 0.952. The molecule has 22 heavy (non-hydrogen) atoms. The highest BCUT2D eigenvalue weighted by Gasteiger charge is 2.28. The molecule has 0 saturated heterocycles. The van der Waals surface area contributed by atoms with E-state index >= 15 is 0 Å². The predicted molar refractivity (Wildman–Crippen MR) is 86.8 cm³/mol. The fraction of sp³-hybridized carbons (Fsp3) is 0.562. The zero-order valence-electron chi connectivity index (χ0n) is 13.3. The van der Waals surface area contributed by atoms with Gasteiger partial charge in [-0.15, -0.1) is 0 Å². The molecule has 3 rings (SSSR count). The van der Waals surface area contributed by atoms with Crippen molar-refractivity contribution < 1.29 is 0 Å². The highest BCUT2D eigenvalue weighted by Crippen LogP contribution is 2.35. The van der Waals surface area contributed by atoms with Crippen LogP contribution in [0.4, 0.5) is 5.82 Å². The SMILES string of the molecule is CN(CCCc1nccn1C)c1cc(C2CC(N)C2)ncn1. The van der Waals surface area contributed by atoms with E-state index in [2.05, 4.69) is 37.5 Å². The summed E-state index contributed by atoms with van der Waals surface area (Å²) >= 11 is 0. The molecule has 0 aromatic carbocycles. The van der Waals surface area contributed by atoms with Gasteiger partial charge in [-0.3, -0.25) is 0 Å². The summed E-state index contributed by atoms with van der Waals surface area (Å²) in [7, 11) is 4.11. The van der Waals surface area contributed by atoms with E-state index < -0.39 is 0 Å². The largest absolute Gasteiger partial charge is 0.360 e. The molecular weight excluding hydrogens is 276 g/mol. The van der Waals surface area contributed by atoms with Gasteiger partial charge in [0.05, 0.1) is 0 Å². The number of hydrogen-bond acceptors (Lipinski definition) is 5. The summed E-state index contributed by atoms with van der Waals surface area (Å²) in [4.78, 5) is 15.3. The molecule has 0 radical (unpaired) electrons. The number of aryl methyl sites for hydroxylation is 2. The lowest BCUT2D eigenvalue weighted by molar-refractivity contribution is 0.345. The predicted octanol–water partition coefficient (Wildman–Crippen LogP) is 1.48. The van der Waals surface area contributed by atoms with Crippen LogP contribution in [-0.2, 0) is 13.5 Å². The lowest BCUT2D eigenvalue weighted by Gasteiger charge is -2.32. The highest BCUT2D eigenvalue weighted by molar-refractivity contribution is 5.39. The third-order valence-corrected chi connectivity index (χ3v) is 4.47. The van der Waals surface area contributed by atoms with Gasteiger partial charge < -0.3 is 15.2 Å². The Bertz CT molecular complexity index is 617. The second kappa shape index (κ2) is 6.44. The Morgan fingerprint density at radius 3 is 2.82 bits per heavy atom. The molecule has 1 aliphatic rings. The second-order valence-corrected chi connectivity index (χ2v) is 6.21. The Kier molecular flexibility index (Phi) is 4.38. The molecule has 2 aromatic rings. The molecule has 0 unspecified atom stereocenters. The molecule has 0 amide bonds. The quantitative estimate of drug-likeness (QED) is 0.875. The molecule has 118 valence electrons. The molecule has 0 spiro atoms.